The predicted molar refractivity (Wildman–Crippen MR) is 74.1 cm³/mol. The molecule has 3 nitrogen and oxygen atoms in total. The number of nitrogen functional groups attached to an aromatic ring is 1. The second-order valence-corrected chi connectivity index (χ2v) is 4.36. The molecule has 18 heavy (non-hydrogen) atoms. The maximum Gasteiger partial charge on any atom is 0.123 e. The van der Waals surface area contributed by atoms with Crippen LogP contribution in [-0.2, 0) is 0 Å². The van der Waals surface area contributed by atoms with Gasteiger partial charge in [-0.15, -0.1) is 0 Å². The average Bonchev–Trinajstić information content (AvgIpc) is 2.38. The minimum Gasteiger partial charge on any atom is -0.384 e. The first-order valence-electron chi connectivity index (χ1n) is 5.81. The number of aryl methyl sites for hydroxylation is 1. The molecule has 3 heteroatoms. The van der Waals surface area contributed by atoms with E-state index in [2.05, 4.69) is 34.2 Å². The summed E-state index contributed by atoms with van der Waals surface area (Å²) in [5, 5.41) is 2.20. The van der Waals surface area contributed by atoms with E-state index in [1.807, 2.05) is 25.3 Å². The molecule has 0 spiro atoms. The summed E-state index contributed by atoms with van der Waals surface area (Å²) in [6.45, 7) is 1.99. The van der Waals surface area contributed by atoms with Gasteiger partial charge in [0.05, 0.1) is 0 Å². The Labute approximate surface area is 105 Å². The van der Waals surface area contributed by atoms with Crippen molar-refractivity contribution in [2.24, 2.45) is 0 Å². The van der Waals surface area contributed by atoms with E-state index in [1.54, 1.807) is 6.20 Å². The molecule has 0 atom stereocenters. The molecule has 2 N–H and O–H groups in total. The molecule has 0 amide bonds. The average molecular weight is 235 g/mol. The van der Waals surface area contributed by atoms with E-state index in [0.717, 1.165) is 16.5 Å². The zero-order valence-electron chi connectivity index (χ0n) is 10.1. The number of hydrogen-bond acceptors (Lipinski definition) is 3. The van der Waals surface area contributed by atoms with Crippen molar-refractivity contribution in [2.45, 2.75) is 6.92 Å². The lowest BCUT2D eigenvalue weighted by Gasteiger charge is -2.05. The minimum absolute atomic E-state index is 0.547. The first kappa shape index (κ1) is 10.7. The van der Waals surface area contributed by atoms with Crippen LogP contribution in [-0.4, -0.2) is 9.97 Å². The van der Waals surface area contributed by atoms with Crippen molar-refractivity contribution in [3.8, 4) is 11.1 Å². The standard InChI is InChI=1S/C15H13N3/c1-10-6-12(4-5-17-10)11-2-3-13-9-18-15(16)8-14(13)7-11/h2-9H,1H3,(H2,16,18). The number of pyridine rings is 2. The SMILES string of the molecule is Cc1cc(-c2ccc3cnc(N)cc3c2)ccn1. The molecule has 0 unspecified atom stereocenters. The summed E-state index contributed by atoms with van der Waals surface area (Å²) in [6, 6.07) is 12.3. The van der Waals surface area contributed by atoms with Gasteiger partial charge in [-0.25, -0.2) is 4.98 Å². The molecular weight excluding hydrogens is 222 g/mol. The van der Waals surface area contributed by atoms with Crippen LogP contribution in [0.2, 0.25) is 0 Å². The summed E-state index contributed by atoms with van der Waals surface area (Å²) in [7, 11) is 0. The van der Waals surface area contributed by atoms with Crippen LogP contribution in [0.3, 0.4) is 0 Å². The molecule has 0 fully saturated rings. The number of fused-ring (bicyclic) bond motifs is 1. The molecule has 1 aromatic carbocycles. The maximum absolute atomic E-state index is 5.72. The first-order valence-corrected chi connectivity index (χ1v) is 5.81. The number of hydrogen-bond donors (Lipinski definition) is 1. The molecule has 3 rings (SSSR count). The molecule has 0 radical (unpaired) electrons. The van der Waals surface area contributed by atoms with E-state index in [-0.39, 0.29) is 0 Å². The highest BCUT2D eigenvalue weighted by molar-refractivity contribution is 5.88. The van der Waals surface area contributed by atoms with Crippen LogP contribution in [0.1, 0.15) is 5.69 Å². The lowest BCUT2D eigenvalue weighted by Crippen LogP contribution is -1.89. The van der Waals surface area contributed by atoms with Crippen molar-refractivity contribution in [2.75, 3.05) is 5.73 Å². The molecular formula is C15H13N3. The Hall–Kier alpha value is -2.42. The van der Waals surface area contributed by atoms with Crippen LogP contribution in [0.5, 0.6) is 0 Å². The number of anilines is 1. The fourth-order valence-corrected chi connectivity index (χ4v) is 2.06. The second-order valence-electron chi connectivity index (χ2n) is 4.36. The van der Waals surface area contributed by atoms with Gasteiger partial charge in [0.25, 0.3) is 0 Å². The number of aromatic nitrogens is 2. The van der Waals surface area contributed by atoms with Gasteiger partial charge in [-0.1, -0.05) is 12.1 Å². The van der Waals surface area contributed by atoms with Gasteiger partial charge in [0.1, 0.15) is 5.82 Å². The minimum atomic E-state index is 0.547. The van der Waals surface area contributed by atoms with Crippen LogP contribution >= 0.6 is 0 Å². The monoisotopic (exact) mass is 235 g/mol. The molecule has 0 aliphatic rings. The van der Waals surface area contributed by atoms with Crippen LogP contribution < -0.4 is 5.73 Å². The Morgan fingerprint density at radius 2 is 1.72 bits per heavy atom. The maximum atomic E-state index is 5.72. The van der Waals surface area contributed by atoms with E-state index in [1.165, 1.54) is 11.1 Å². The third kappa shape index (κ3) is 1.91. The van der Waals surface area contributed by atoms with Crippen LogP contribution in [0.15, 0.2) is 48.8 Å². The summed E-state index contributed by atoms with van der Waals surface area (Å²) in [5.74, 6) is 0.547. The molecule has 0 saturated carbocycles. The van der Waals surface area contributed by atoms with E-state index >= 15 is 0 Å². The van der Waals surface area contributed by atoms with Gasteiger partial charge in [-0.2, -0.15) is 0 Å². The Morgan fingerprint density at radius 1 is 0.889 bits per heavy atom. The molecule has 0 aliphatic carbocycles. The molecule has 88 valence electrons. The molecule has 0 saturated heterocycles. The zero-order chi connectivity index (χ0) is 12.5. The summed E-state index contributed by atoms with van der Waals surface area (Å²) in [4.78, 5) is 8.30. The summed E-state index contributed by atoms with van der Waals surface area (Å²) < 4.78 is 0. The summed E-state index contributed by atoms with van der Waals surface area (Å²) >= 11 is 0. The van der Waals surface area contributed by atoms with Crippen molar-refractivity contribution < 1.29 is 0 Å². The molecule has 0 bridgehead atoms. The van der Waals surface area contributed by atoms with Crippen LogP contribution in [0.4, 0.5) is 5.82 Å². The van der Waals surface area contributed by atoms with Crippen molar-refractivity contribution in [1.82, 2.24) is 9.97 Å². The first-order chi connectivity index (χ1) is 8.72. The Bertz CT molecular complexity index is 720. The van der Waals surface area contributed by atoms with E-state index in [9.17, 15) is 0 Å². The molecule has 2 heterocycles. The fraction of sp³-hybridized carbons (Fsp3) is 0.0667. The third-order valence-corrected chi connectivity index (χ3v) is 2.97. The highest BCUT2D eigenvalue weighted by Gasteiger charge is 2.01. The molecule has 2 aromatic heterocycles. The van der Waals surface area contributed by atoms with Crippen molar-refractivity contribution >= 4 is 16.6 Å². The normalized spacial score (nSPS) is 10.7. The van der Waals surface area contributed by atoms with Gasteiger partial charge in [-0.3, -0.25) is 4.98 Å². The van der Waals surface area contributed by atoms with Crippen LogP contribution in [0, 0.1) is 6.92 Å². The summed E-state index contributed by atoms with van der Waals surface area (Å²) in [6.07, 6.45) is 3.63. The van der Waals surface area contributed by atoms with E-state index in [4.69, 9.17) is 5.73 Å². The molecule has 0 aliphatic heterocycles. The predicted octanol–water partition coefficient (Wildman–Crippen LogP) is 3.19. The lowest BCUT2D eigenvalue weighted by atomic mass is 10.0. The van der Waals surface area contributed by atoms with E-state index < -0.39 is 0 Å². The quantitative estimate of drug-likeness (QED) is 0.704. The second kappa shape index (κ2) is 4.11. The largest absolute Gasteiger partial charge is 0.384 e. The Kier molecular flexibility index (Phi) is 2.45. The molecule has 3 aromatic rings. The third-order valence-electron chi connectivity index (χ3n) is 2.97. The lowest BCUT2D eigenvalue weighted by molar-refractivity contribution is 1.20. The highest BCUT2D eigenvalue weighted by Crippen LogP contribution is 2.24. The topological polar surface area (TPSA) is 51.8 Å². The Morgan fingerprint density at radius 3 is 2.56 bits per heavy atom. The van der Waals surface area contributed by atoms with E-state index in [0.29, 0.717) is 5.82 Å². The van der Waals surface area contributed by atoms with Crippen LogP contribution in [0.25, 0.3) is 21.9 Å². The van der Waals surface area contributed by atoms with Gasteiger partial charge in [0.2, 0.25) is 0 Å². The van der Waals surface area contributed by atoms with Crippen molar-refractivity contribution in [3.05, 3.63) is 54.5 Å². The summed E-state index contributed by atoms with van der Waals surface area (Å²) in [5.41, 5.74) is 9.06. The Balaban J connectivity index is 2.18. The van der Waals surface area contributed by atoms with Crippen molar-refractivity contribution in [1.29, 1.82) is 0 Å². The number of nitrogens with two attached hydrogens (primary N) is 1. The van der Waals surface area contributed by atoms with Gasteiger partial charge >= 0.3 is 0 Å². The number of nitrogens with zero attached hydrogens (tertiary/aromatic N) is 2. The van der Waals surface area contributed by atoms with Gasteiger partial charge in [0.15, 0.2) is 0 Å². The smallest absolute Gasteiger partial charge is 0.123 e. The van der Waals surface area contributed by atoms with Gasteiger partial charge in [0, 0.05) is 23.5 Å². The van der Waals surface area contributed by atoms with Gasteiger partial charge < -0.3 is 5.73 Å². The number of benzene rings is 1. The highest BCUT2D eigenvalue weighted by atomic mass is 14.8. The fourth-order valence-electron chi connectivity index (χ4n) is 2.06. The van der Waals surface area contributed by atoms with Gasteiger partial charge in [-0.05, 0) is 47.7 Å². The van der Waals surface area contributed by atoms with Crippen molar-refractivity contribution in [3.63, 3.8) is 0 Å². The zero-order valence-corrected chi connectivity index (χ0v) is 10.1. The number of rotatable bonds is 1.